The van der Waals surface area contributed by atoms with Crippen LogP contribution < -0.4 is 4.74 Å². The Bertz CT molecular complexity index is 596. The van der Waals surface area contributed by atoms with Crippen LogP contribution in [0, 0.1) is 5.82 Å². The molecule has 0 N–H and O–H groups in total. The van der Waals surface area contributed by atoms with Crippen LogP contribution >= 0.6 is 0 Å². The largest absolute Gasteiger partial charge is 0.489 e. The fourth-order valence-electron chi connectivity index (χ4n) is 1.68. The number of benzene rings is 1. The minimum Gasteiger partial charge on any atom is -0.489 e. The van der Waals surface area contributed by atoms with Crippen LogP contribution in [0.1, 0.15) is 29.8 Å². The lowest BCUT2D eigenvalue weighted by Crippen LogP contribution is -2.08. The van der Waals surface area contributed by atoms with E-state index in [4.69, 9.17) is 4.74 Å². The smallest absolute Gasteiger partial charge is 0.197 e. The standard InChI is InChI=1S/C15H14FNO2/c1-10(2)19-12-7-11(8-17-9-12)15(18)13-5-3-4-6-14(13)16/h3-10H,1-2H3. The highest BCUT2D eigenvalue weighted by Crippen LogP contribution is 2.17. The molecule has 0 spiro atoms. The number of aromatic nitrogens is 1. The van der Waals surface area contributed by atoms with Crippen molar-refractivity contribution in [3.05, 3.63) is 59.7 Å². The summed E-state index contributed by atoms with van der Waals surface area (Å²) in [6.07, 6.45) is 2.92. The van der Waals surface area contributed by atoms with Gasteiger partial charge in [0.05, 0.1) is 17.9 Å². The first-order valence-electron chi connectivity index (χ1n) is 5.99. The number of nitrogens with zero attached hydrogens (tertiary/aromatic N) is 1. The Balaban J connectivity index is 2.32. The van der Waals surface area contributed by atoms with Gasteiger partial charge in [0.25, 0.3) is 0 Å². The Kier molecular flexibility index (Phi) is 3.90. The zero-order valence-corrected chi connectivity index (χ0v) is 10.8. The lowest BCUT2D eigenvalue weighted by molar-refractivity contribution is 0.103. The minimum absolute atomic E-state index is 0.0133. The van der Waals surface area contributed by atoms with Crippen molar-refractivity contribution in [3.8, 4) is 5.75 Å². The van der Waals surface area contributed by atoms with E-state index in [9.17, 15) is 9.18 Å². The van der Waals surface area contributed by atoms with Gasteiger partial charge in [-0.1, -0.05) is 12.1 Å². The number of hydrogen-bond donors (Lipinski definition) is 0. The fraction of sp³-hybridized carbons (Fsp3) is 0.200. The van der Waals surface area contributed by atoms with E-state index in [0.717, 1.165) is 0 Å². The highest BCUT2D eigenvalue weighted by atomic mass is 19.1. The van der Waals surface area contributed by atoms with Gasteiger partial charge >= 0.3 is 0 Å². The predicted molar refractivity (Wildman–Crippen MR) is 69.8 cm³/mol. The zero-order chi connectivity index (χ0) is 13.8. The molecule has 2 aromatic rings. The van der Waals surface area contributed by atoms with Crippen molar-refractivity contribution in [2.75, 3.05) is 0 Å². The minimum atomic E-state index is -0.539. The number of hydrogen-bond acceptors (Lipinski definition) is 3. The number of pyridine rings is 1. The molecule has 3 nitrogen and oxygen atoms in total. The number of ketones is 1. The van der Waals surface area contributed by atoms with E-state index < -0.39 is 11.6 Å². The summed E-state index contributed by atoms with van der Waals surface area (Å²) < 4.78 is 19.0. The van der Waals surface area contributed by atoms with Crippen LogP contribution in [0.3, 0.4) is 0 Å². The van der Waals surface area contributed by atoms with E-state index >= 15 is 0 Å². The summed E-state index contributed by atoms with van der Waals surface area (Å²) in [7, 11) is 0. The van der Waals surface area contributed by atoms with E-state index in [1.807, 2.05) is 13.8 Å². The van der Waals surface area contributed by atoms with E-state index in [1.54, 1.807) is 18.2 Å². The molecule has 98 valence electrons. The molecule has 0 aliphatic heterocycles. The van der Waals surface area contributed by atoms with Crippen molar-refractivity contribution < 1.29 is 13.9 Å². The second kappa shape index (κ2) is 5.61. The molecule has 0 unspecified atom stereocenters. The number of ether oxygens (including phenoxy) is 1. The molecule has 0 aliphatic carbocycles. The van der Waals surface area contributed by atoms with Gasteiger partial charge in [0, 0.05) is 11.8 Å². The third-order valence-electron chi connectivity index (χ3n) is 2.47. The number of carbonyl (C=O) groups is 1. The van der Waals surface area contributed by atoms with Gasteiger partial charge in [-0.3, -0.25) is 9.78 Å². The van der Waals surface area contributed by atoms with Crippen molar-refractivity contribution >= 4 is 5.78 Å². The van der Waals surface area contributed by atoms with E-state index in [2.05, 4.69) is 4.98 Å². The summed E-state index contributed by atoms with van der Waals surface area (Å²) in [6.45, 7) is 3.76. The first kappa shape index (κ1) is 13.2. The lowest BCUT2D eigenvalue weighted by atomic mass is 10.0. The van der Waals surface area contributed by atoms with E-state index in [0.29, 0.717) is 11.3 Å². The molecule has 0 aliphatic rings. The molecule has 1 aromatic heterocycles. The highest BCUT2D eigenvalue weighted by molar-refractivity contribution is 6.09. The maximum atomic E-state index is 13.6. The third kappa shape index (κ3) is 3.16. The maximum absolute atomic E-state index is 13.6. The fourth-order valence-corrected chi connectivity index (χ4v) is 1.68. The Hall–Kier alpha value is -2.23. The van der Waals surface area contributed by atoms with Gasteiger partial charge in [0.15, 0.2) is 5.78 Å². The van der Waals surface area contributed by atoms with Crippen molar-refractivity contribution in [1.82, 2.24) is 4.98 Å². The average Bonchev–Trinajstić information content (AvgIpc) is 2.38. The molecule has 0 saturated carbocycles. The number of carbonyl (C=O) groups excluding carboxylic acids is 1. The van der Waals surface area contributed by atoms with Gasteiger partial charge in [-0.2, -0.15) is 0 Å². The van der Waals surface area contributed by atoms with Crippen LogP contribution in [0.15, 0.2) is 42.7 Å². The van der Waals surface area contributed by atoms with Gasteiger partial charge in [-0.25, -0.2) is 4.39 Å². The summed E-state index contributed by atoms with van der Waals surface area (Å²) in [5, 5.41) is 0. The second-order valence-corrected chi connectivity index (χ2v) is 4.38. The van der Waals surface area contributed by atoms with Crippen LogP contribution in [0.4, 0.5) is 4.39 Å². The molecule has 0 amide bonds. The average molecular weight is 259 g/mol. The first-order chi connectivity index (χ1) is 9.08. The molecule has 0 radical (unpaired) electrons. The van der Waals surface area contributed by atoms with Crippen molar-refractivity contribution in [1.29, 1.82) is 0 Å². The highest BCUT2D eigenvalue weighted by Gasteiger charge is 2.14. The normalized spacial score (nSPS) is 10.5. The second-order valence-electron chi connectivity index (χ2n) is 4.38. The Morgan fingerprint density at radius 2 is 2.00 bits per heavy atom. The summed E-state index contributed by atoms with van der Waals surface area (Å²) >= 11 is 0. The number of rotatable bonds is 4. The molecular weight excluding hydrogens is 245 g/mol. The van der Waals surface area contributed by atoms with Crippen LogP contribution in [-0.2, 0) is 0 Å². The molecule has 0 fully saturated rings. The molecule has 0 atom stereocenters. The van der Waals surface area contributed by atoms with E-state index in [1.165, 1.54) is 24.5 Å². The number of halogens is 1. The maximum Gasteiger partial charge on any atom is 0.197 e. The molecular formula is C15H14FNO2. The SMILES string of the molecule is CC(C)Oc1cncc(C(=O)c2ccccc2F)c1. The van der Waals surface area contributed by atoms with Gasteiger partial charge in [-0.05, 0) is 32.0 Å². The molecule has 1 aromatic carbocycles. The van der Waals surface area contributed by atoms with Crippen LogP contribution in [0.5, 0.6) is 5.75 Å². The zero-order valence-electron chi connectivity index (χ0n) is 10.8. The predicted octanol–water partition coefficient (Wildman–Crippen LogP) is 3.24. The molecule has 4 heteroatoms. The quantitative estimate of drug-likeness (QED) is 0.791. The monoisotopic (exact) mass is 259 g/mol. The third-order valence-corrected chi connectivity index (χ3v) is 2.47. The van der Waals surface area contributed by atoms with Gasteiger partial charge in [-0.15, -0.1) is 0 Å². The van der Waals surface area contributed by atoms with Crippen LogP contribution in [0.25, 0.3) is 0 Å². The van der Waals surface area contributed by atoms with E-state index in [-0.39, 0.29) is 11.7 Å². The summed E-state index contributed by atoms with van der Waals surface area (Å²) in [6, 6.07) is 7.45. The van der Waals surface area contributed by atoms with Crippen LogP contribution in [0.2, 0.25) is 0 Å². The Labute approximate surface area is 111 Å². The lowest BCUT2D eigenvalue weighted by Gasteiger charge is -2.10. The first-order valence-corrected chi connectivity index (χ1v) is 5.99. The Morgan fingerprint density at radius 3 is 2.68 bits per heavy atom. The van der Waals surface area contributed by atoms with Crippen molar-refractivity contribution in [2.45, 2.75) is 20.0 Å². The Morgan fingerprint density at radius 1 is 1.26 bits per heavy atom. The molecule has 0 saturated heterocycles. The summed E-state index contributed by atoms with van der Waals surface area (Å²) in [5.41, 5.74) is 0.342. The molecule has 1 heterocycles. The summed E-state index contributed by atoms with van der Waals surface area (Å²) in [5.74, 6) is -0.445. The van der Waals surface area contributed by atoms with Gasteiger partial charge in [0.1, 0.15) is 11.6 Å². The van der Waals surface area contributed by atoms with Crippen molar-refractivity contribution in [3.63, 3.8) is 0 Å². The molecule has 2 rings (SSSR count). The molecule has 0 bridgehead atoms. The van der Waals surface area contributed by atoms with Crippen molar-refractivity contribution in [2.24, 2.45) is 0 Å². The summed E-state index contributed by atoms with van der Waals surface area (Å²) in [4.78, 5) is 16.1. The topological polar surface area (TPSA) is 39.2 Å². The van der Waals surface area contributed by atoms with Gasteiger partial charge in [0.2, 0.25) is 0 Å². The molecule has 19 heavy (non-hydrogen) atoms. The van der Waals surface area contributed by atoms with Crippen LogP contribution in [-0.4, -0.2) is 16.9 Å². The van der Waals surface area contributed by atoms with Gasteiger partial charge < -0.3 is 4.74 Å².